The van der Waals surface area contributed by atoms with E-state index in [0.29, 0.717) is 16.6 Å². The van der Waals surface area contributed by atoms with Gasteiger partial charge in [0.05, 0.1) is 26.1 Å². The predicted molar refractivity (Wildman–Crippen MR) is 80.8 cm³/mol. The van der Waals surface area contributed by atoms with Crippen LogP contribution in [0.3, 0.4) is 0 Å². The number of hydrogen-bond acceptors (Lipinski definition) is 5. The SMILES string of the molecule is Cc1nc2cc(C(CC(C)C)C(=O)O)c([N+](=O)[O-])cc2s1. The van der Waals surface area contributed by atoms with E-state index in [1.807, 2.05) is 20.8 Å². The predicted octanol–water partition coefficient (Wildman–Crippen LogP) is 3.73. The molecule has 1 unspecified atom stereocenters. The number of aromatic nitrogens is 1. The lowest BCUT2D eigenvalue weighted by Gasteiger charge is -2.15. The summed E-state index contributed by atoms with van der Waals surface area (Å²) in [7, 11) is 0. The van der Waals surface area contributed by atoms with Crippen molar-refractivity contribution >= 4 is 33.2 Å². The molecule has 0 aliphatic heterocycles. The molecule has 0 radical (unpaired) electrons. The van der Waals surface area contributed by atoms with Gasteiger partial charge in [-0.05, 0) is 25.3 Å². The van der Waals surface area contributed by atoms with Crippen molar-refractivity contribution in [3.63, 3.8) is 0 Å². The van der Waals surface area contributed by atoms with E-state index < -0.39 is 16.8 Å². The quantitative estimate of drug-likeness (QED) is 0.671. The van der Waals surface area contributed by atoms with Crippen molar-refractivity contribution in [1.29, 1.82) is 0 Å². The smallest absolute Gasteiger partial charge is 0.311 e. The number of carboxylic acids is 1. The third-order valence-electron chi connectivity index (χ3n) is 3.22. The third-order valence-corrected chi connectivity index (χ3v) is 4.15. The number of nitro groups is 1. The molecule has 2 rings (SSSR count). The van der Waals surface area contributed by atoms with Gasteiger partial charge >= 0.3 is 5.97 Å². The molecule has 1 N–H and O–H groups in total. The highest BCUT2D eigenvalue weighted by Gasteiger charge is 2.29. The molecule has 6 nitrogen and oxygen atoms in total. The Balaban J connectivity index is 2.65. The second-order valence-corrected chi connectivity index (χ2v) is 6.62. The van der Waals surface area contributed by atoms with Crippen LogP contribution < -0.4 is 0 Å². The molecule has 1 heterocycles. The fraction of sp³-hybridized carbons (Fsp3) is 0.429. The number of aryl methyl sites for hydroxylation is 1. The van der Waals surface area contributed by atoms with Gasteiger partial charge in [-0.1, -0.05) is 13.8 Å². The number of benzene rings is 1. The van der Waals surface area contributed by atoms with Gasteiger partial charge in [-0.15, -0.1) is 11.3 Å². The number of thiazole rings is 1. The van der Waals surface area contributed by atoms with Crippen LogP contribution in [0, 0.1) is 23.0 Å². The largest absolute Gasteiger partial charge is 0.481 e. The lowest BCUT2D eigenvalue weighted by molar-refractivity contribution is -0.385. The molecule has 7 heteroatoms. The molecule has 0 saturated carbocycles. The monoisotopic (exact) mass is 308 g/mol. The van der Waals surface area contributed by atoms with Crippen molar-refractivity contribution < 1.29 is 14.8 Å². The summed E-state index contributed by atoms with van der Waals surface area (Å²) in [6.07, 6.45) is 0.352. The normalized spacial score (nSPS) is 12.8. The second-order valence-electron chi connectivity index (χ2n) is 5.39. The van der Waals surface area contributed by atoms with E-state index in [4.69, 9.17) is 0 Å². The van der Waals surface area contributed by atoms with Gasteiger partial charge in [0.2, 0.25) is 0 Å². The fourth-order valence-electron chi connectivity index (χ4n) is 2.36. The van der Waals surface area contributed by atoms with Gasteiger partial charge in [-0.3, -0.25) is 14.9 Å². The number of nitro benzene ring substituents is 1. The molecule has 0 saturated heterocycles. The van der Waals surface area contributed by atoms with Crippen LogP contribution in [0.2, 0.25) is 0 Å². The lowest BCUT2D eigenvalue weighted by Crippen LogP contribution is -2.15. The fourth-order valence-corrected chi connectivity index (χ4v) is 3.21. The first-order valence-electron chi connectivity index (χ1n) is 6.58. The highest BCUT2D eigenvalue weighted by Crippen LogP contribution is 2.36. The number of carboxylic acid groups (broad SMARTS) is 1. The standard InChI is InChI=1S/C14H16N2O4S/c1-7(2)4-10(14(17)18)9-5-11-13(21-8(3)15-11)6-12(9)16(19)20/h5-7,10H,4H2,1-3H3,(H,17,18). The van der Waals surface area contributed by atoms with Gasteiger partial charge in [-0.2, -0.15) is 0 Å². The number of carbonyl (C=O) groups is 1. The first-order valence-corrected chi connectivity index (χ1v) is 7.39. The van der Waals surface area contributed by atoms with Gasteiger partial charge in [-0.25, -0.2) is 4.98 Å². The van der Waals surface area contributed by atoms with Crippen LogP contribution in [0.25, 0.3) is 10.2 Å². The van der Waals surface area contributed by atoms with E-state index in [1.54, 1.807) is 6.07 Å². The van der Waals surface area contributed by atoms with Crippen molar-refractivity contribution in [3.05, 3.63) is 32.8 Å². The second kappa shape index (κ2) is 5.77. The molecule has 0 bridgehead atoms. The number of rotatable bonds is 5. The molecule has 0 aliphatic carbocycles. The van der Waals surface area contributed by atoms with E-state index in [9.17, 15) is 20.0 Å². The third kappa shape index (κ3) is 3.18. The molecule has 0 spiro atoms. The molecule has 1 aromatic carbocycles. The molecule has 1 atom stereocenters. The van der Waals surface area contributed by atoms with Crippen molar-refractivity contribution in [1.82, 2.24) is 4.98 Å². The molecule has 1 aromatic heterocycles. The number of hydrogen-bond donors (Lipinski definition) is 1. The topological polar surface area (TPSA) is 93.3 Å². The molecular formula is C14H16N2O4S. The maximum Gasteiger partial charge on any atom is 0.311 e. The van der Waals surface area contributed by atoms with Crippen molar-refractivity contribution in [2.75, 3.05) is 0 Å². The summed E-state index contributed by atoms with van der Waals surface area (Å²) in [5, 5.41) is 21.5. The van der Waals surface area contributed by atoms with E-state index in [2.05, 4.69) is 4.98 Å². The maximum absolute atomic E-state index is 11.5. The van der Waals surface area contributed by atoms with Crippen LogP contribution in [-0.4, -0.2) is 21.0 Å². The van der Waals surface area contributed by atoms with Crippen LogP contribution in [0.4, 0.5) is 5.69 Å². The first-order chi connectivity index (χ1) is 9.79. The van der Waals surface area contributed by atoms with Gasteiger partial charge in [0.1, 0.15) is 0 Å². The van der Waals surface area contributed by atoms with E-state index in [1.165, 1.54) is 17.4 Å². The zero-order valence-electron chi connectivity index (χ0n) is 12.0. The minimum atomic E-state index is -1.04. The Kier molecular flexibility index (Phi) is 4.22. The maximum atomic E-state index is 11.5. The Hall–Kier alpha value is -2.02. The Morgan fingerprint density at radius 1 is 1.48 bits per heavy atom. The number of nitrogens with zero attached hydrogens (tertiary/aromatic N) is 2. The minimum absolute atomic E-state index is 0.124. The first kappa shape index (κ1) is 15.4. The van der Waals surface area contributed by atoms with E-state index in [0.717, 1.165) is 5.01 Å². The highest BCUT2D eigenvalue weighted by atomic mass is 32.1. The molecule has 0 aliphatic rings. The Bertz CT molecular complexity index is 708. The van der Waals surface area contributed by atoms with E-state index in [-0.39, 0.29) is 17.2 Å². The summed E-state index contributed by atoms with van der Waals surface area (Å²) in [6, 6.07) is 2.99. The van der Waals surface area contributed by atoms with Gasteiger partial charge in [0, 0.05) is 11.6 Å². The highest BCUT2D eigenvalue weighted by molar-refractivity contribution is 7.18. The molecule has 2 aromatic rings. The Morgan fingerprint density at radius 3 is 2.67 bits per heavy atom. The van der Waals surface area contributed by atoms with Crippen molar-refractivity contribution in [2.45, 2.75) is 33.1 Å². The molecule has 0 amide bonds. The Labute approximate surface area is 125 Å². The summed E-state index contributed by atoms with van der Waals surface area (Å²) in [5.41, 5.74) is 0.714. The summed E-state index contributed by atoms with van der Waals surface area (Å²) < 4.78 is 0.705. The van der Waals surface area contributed by atoms with Crippen LogP contribution in [0.15, 0.2) is 12.1 Å². The van der Waals surface area contributed by atoms with Gasteiger partial charge in [0.25, 0.3) is 5.69 Å². The van der Waals surface area contributed by atoms with E-state index >= 15 is 0 Å². The summed E-state index contributed by atoms with van der Waals surface area (Å²) in [6.45, 7) is 5.61. The summed E-state index contributed by atoms with van der Waals surface area (Å²) in [4.78, 5) is 26.6. The summed E-state index contributed by atoms with van der Waals surface area (Å²) in [5.74, 6) is -1.81. The average molecular weight is 308 g/mol. The Morgan fingerprint density at radius 2 is 2.14 bits per heavy atom. The van der Waals surface area contributed by atoms with Crippen LogP contribution in [-0.2, 0) is 4.79 Å². The number of aliphatic carboxylic acids is 1. The van der Waals surface area contributed by atoms with Crippen molar-refractivity contribution in [2.24, 2.45) is 5.92 Å². The lowest BCUT2D eigenvalue weighted by atomic mass is 9.89. The number of fused-ring (bicyclic) bond motifs is 1. The van der Waals surface area contributed by atoms with Gasteiger partial charge < -0.3 is 5.11 Å². The average Bonchev–Trinajstić information content (AvgIpc) is 2.72. The zero-order valence-corrected chi connectivity index (χ0v) is 12.8. The molecule has 0 fully saturated rings. The van der Waals surface area contributed by atoms with Crippen molar-refractivity contribution in [3.8, 4) is 0 Å². The van der Waals surface area contributed by atoms with Gasteiger partial charge in [0.15, 0.2) is 0 Å². The molecule has 21 heavy (non-hydrogen) atoms. The van der Waals surface area contributed by atoms with Crippen LogP contribution in [0.5, 0.6) is 0 Å². The molecule has 112 valence electrons. The van der Waals surface area contributed by atoms with Crippen LogP contribution in [0.1, 0.15) is 36.8 Å². The minimum Gasteiger partial charge on any atom is -0.481 e. The summed E-state index contributed by atoms with van der Waals surface area (Å²) >= 11 is 1.36. The van der Waals surface area contributed by atoms with Crippen LogP contribution >= 0.6 is 11.3 Å². The molecular weight excluding hydrogens is 292 g/mol. The zero-order chi connectivity index (χ0) is 15.7.